The highest BCUT2D eigenvalue weighted by Crippen LogP contribution is 2.39. The summed E-state index contributed by atoms with van der Waals surface area (Å²) < 4.78 is 27.2. The van der Waals surface area contributed by atoms with Crippen LogP contribution in [0.15, 0.2) is 29.2 Å². The molecular weight excluding hydrogens is 508 g/mol. The molecule has 2 fully saturated rings. The van der Waals surface area contributed by atoms with E-state index in [1.807, 2.05) is 4.90 Å². The number of piperidine rings is 1. The number of hydrogen-bond donors (Lipinski definition) is 1. The Hall–Kier alpha value is -2.27. The lowest BCUT2D eigenvalue weighted by Gasteiger charge is -2.31. The van der Waals surface area contributed by atoms with E-state index in [2.05, 4.69) is 24.1 Å². The second-order valence-corrected chi connectivity index (χ2v) is 13.5. The minimum absolute atomic E-state index is 0.0116. The van der Waals surface area contributed by atoms with Gasteiger partial charge in [0, 0.05) is 55.8 Å². The lowest BCUT2D eigenvalue weighted by molar-refractivity contribution is 0.0723. The van der Waals surface area contributed by atoms with Crippen LogP contribution in [0.4, 0.5) is 5.00 Å². The van der Waals surface area contributed by atoms with E-state index in [-0.39, 0.29) is 16.7 Å². The Morgan fingerprint density at radius 1 is 0.919 bits per heavy atom. The molecule has 3 aliphatic rings. The maximum Gasteiger partial charge on any atom is 0.257 e. The van der Waals surface area contributed by atoms with Gasteiger partial charge in [0.2, 0.25) is 10.0 Å². The van der Waals surface area contributed by atoms with Gasteiger partial charge in [0.15, 0.2) is 0 Å². The van der Waals surface area contributed by atoms with Gasteiger partial charge in [-0.15, -0.1) is 11.3 Å². The van der Waals surface area contributed by atoms with Crippen molar-refractivity contribution in [3.8, 4) is 0 Å². The maximum atomic E-state index is 13.7. The lowest BCUT2D eigenvalue weighted by atomic mass is 10.00. The molecule has 0 saturated carbocycles. The van der Waals surface area contributed by atoms with E-state index in [1.165, 1.54) is 27.8 Å². The molecule has 1 N–H and O–H groups in total. The molecule has 5 rings (SSSR count). The molecule has 1 aromatic heterocycles. The minimum Gasteiger partial charge on any atom is -0.339 e. The molecule has 4 heterocycles. The summed E-state index contributed by atoms with van der Waals surface area (Å²) in [6.07, 6.45) is 5.69. The molecule has 3 aliphatic heterocycles. The highest BCUT2D eigenvalue weighted by Gasteiger charge is 2.32. The van der Waals surface area contributed by atoms with Crippen molar-refractivity contribution in [3.63, 3.8) is 0 Å². The molecule has 0 bridgehead atoms. The number of carbonyl (C=O) groups is 2. The third-order valence-corrected chi connectivity index (χ3v) is 10.8. The topological polar surface area (TPSA) is 90.0 Å². The van der Waals surface area contributed by atoms with Crippen molar-refractivity contribution in [2.45, 2.75) is 69.9 Å². The number of rotatable bonds is 6. The van der Waals surface area contributed by atoms with E-state index in [4.69, 9.17) is 0 Å². The summed E-state index contributed by atoms with van der Waals surface area (Å²) >= 11 is 1.50. The van der Waals surface area contributed by atoms with Crippen molar-refractivity contribution in [1.82, 2.24) is 14.1 Å². The van der Waals surface area contributed by atoms with Crippen LogP contribution in [0.25, 0.3) is 0 Å². The number of hydrogen-bond acceptors (Lipinski definition) is 6. The first-order valence-corrected chi connectivity index (χ1v) is 15.6. The summed E-state index contributed by atoms with van der Waals surface area (Å²) in [5.74, 6) is -0.324. The van der Waals surface area contributed by atoms with Gasteiger partial charge in [-0.25, -0.2) is 8.42 Å². The first kappa shape index (κ1) is 26.3. The van der Waals surface area contributed by atoms with Gasteiger partial charge in [-0.1, -0.05) is 0 Å². The smallest absolute Gasteiger partial charge is 0.257 e. The Morgan fingerprint density at radius 2 is 1.57 bits per heavy atom. The highest BCUT2D eigenvalue weighted by molar-refractivity contribution is 7.89. The molecule has 1 aromatic carbocycles. The molecule has 2 aromatic rings. The van der Waals surface area contributed by atoms with Gasteiger partial charge in [0.1, 0.15) is 5.00 Å². The summed E-state index contributed by atoms with van der Waals surface area (Å²) in [6, 6.07) is 6.52. The zero-order valence-electron chi connectivity index (χ0n) is 21.7. The normalized spacial score (nSPS) is 19.3. The Morgan fingerprint density at radius 3 is 2.22 bits per heavy atom. The van der Waals surface area contributed by atoms with Crippen LogP contribution in [0, 0.1) is 0 Å². The van der Waals surface area contributed by atoms with Crippen molar-refractivity contribution in [1.29, 1.82) is 0 Å². The van der Waals surface area contributed by atoms with Crippen LogP contribution in [-0.4, -0.2) is 73.1 Å². The molecule has 2 amide bonds. The fourth-order valence-corrected chi connectivity index (χ4v) is 8.24. The third-order valence-electron chi connectivity index (χ3n) is 7.72. The summed E-state index contributed by atoms with van der Waals surface area (Å²) in [5, 5.41) is 3.62. The molecule has 0 aliphatic carbocycles. The van der Waals surface area contributed by atoms with Crippen LogP contribution in [-0.2, 0) is 23.0 Å². The second-order valence-electron chi connectivity index (χ2n) is 10.5. The quantitative estimate of drug-likeness (QED) is 0.589. The zero-order valence-corrected chi connectivity index (χ0v) is 23.3. The number of fused-ring (bicyclic) bond motifs is 1. The van der Waals surface area contributed by atoms with Crippen LogP contribution >= 0.6 is 11.3 Å². The van der Waals surface area contributed by atoms with Crippen LogP contribution < -0.4 is 5.32 Å². The molecule has 8 nitrogen and oxygen atoms in total. The Labute approximate surface area is 223 Å². The van der Waals surface area contributed by atoms with Gasteiger partial charge in [-0.05, 0) is 82.2 Å². The van der Waals surface area contributed by atoms with Crippen molar-refractivity contribution in [2.75, 3.05) is 38.0 Å². The second kappa shape index (κ2) is 10.8. The number of anilines is 1. The fourth-order valence-electron chi connectivity index (χ4n) is 5.46. The van der Waals surface area contributed by atoms with E-state index in [9.17, 15) is 18.0 Å². The number of benzene rings is 1. The van der Waals surface area contributed by atoms with Gasteiger partial charge in [-0.3, -0.25) is 14.5 Å². The number of sulfonamides is 1. The summed E-state index contributed by atoms with van der Waals surface area (Å²) in [7, 11) is -3.54. The summed E-state index contributed by atoms with van der Waals surface area (Å²) in [6.45, 7) is 8.59. The van der Waals surface area contributed by atoms with E-state index < -0.39 is 10.0 Å². The number of nitrogens with zero attached hydrogens (tertiary/aromatic N) is 3. The van der Waals surface area contributed by atoms with Gasteiger partial charge in [-0.2, -0.15) is 4.31 Å². The molecule has 10 heteroatoms. The molecule has 0 radical (unpaired) electrons. The van der Waals surface area contributed by atoms with E-state index in [0.717, 1.165) is 75.1 Å². The average molecular weight is 545 g/mol. The van der Waals surface area contributed by atoms with Crippen molar-refractivity contribution < 1.29 is 18.0 Å². The van der Waals surface area contributed by atoms with Gasteiger partial charge < -0.3 is 10.2 Å². The molecular formula is C27H36N4O4S2. The summed E-state index contributed by atoms with van der Waals surface area (Å²) in [5.41, 5.74) is 2.08. The highest BCUT2D eigenvalue weighted by atomic mass is 32.2. The fraction of sp³-hybridized carbons (Fsp3) is 0.556. The molecule has 0 unspecified atom stereocenters. The van der Waals surface area contributed by atoms with E-state index in [1.54, 1.807) is 12.1 Å². The van der Waals surface area contributed by atoms with Crippen molar-refractivity contribution in [2.24, 2.45) is 0 Å². The van der Waals surface area contributed by atoms with Crippen LogP contribution in [0.1, 0.15) is 77.1 Å². The molecule has 0 spiro atoms. The van der Waals surface area contributed by atoms with Crippen molar-refractivity contribution in [3.05, 3.63) is 45.8 Å². The number of carbonyl (C=O) groups excluding carboxylic acids is 2. The Bertz CT molecular complexity index is 1260. The third kappa shape index (κ3) is 5.34. The first-order chi connectivity index (χ1) is 17.8. The largest absolute Gasteiger partial charge is 0.339 e. The number of amides is 2. The van der Waals surface area contributed by atoms with Gasteiger partial charge >= 0.3 is 0 Å². The molecule has 200 valence electrons. The van der Waals surface area contributed by atoms with Gasteiger partial charge in [0.25, 0.3) is 11.8 Å². The maximum absolute atomic E-state index is 13.7. The van der Waals surface area contributed by atoms with Crippen LogP contribution in [0.3, 0.4) is 0 Å². The van der Waals surface area contributed by atoms with E-state index >= 15 is 0 Å². The van der Waals surface area contributed by atoms with Crippen molar-refractivity contribution >= 4 is 38.2 Å². The minimum atomic E-state index is -3.54. The zero-order chi connectivity index (χ0) is 26.2. The molecule has 0 atom stereocenters. The molecule has 2 saturated heterocycles. The number of thiophene rings is 1. The number of nitrogens with one attached hydrogen (secondary N) is 1. The average Bonchev–Trinajstić information content (AvgIpc) is 3.57. The van der Waals surface area contributed by atoms with Crippen LogP contribution in [0.2, 0.25) is 0 Å². The summed E-state index contributed by atoms with van der Waals surface area (Å²) in [4.78, 5) is 32.6. The Balaban J connectivity index is 1.40. The van der Waals surface area contributed by atoms with Crippen LogP contribution in [0.5, 0.6) is 0 Å². The standard InChI is InChI=1S/C27H36N4O4S2/c1-19(2)30-17-12-22-23(18-30)36-26(24(22)27(33)29-13-4-3-5-14-29)28-25(32)20-8-10-21(11-9-20)37(34,35)31-15-6-7-16-31/h8-11,19H,3-7,12-18H2,1-2H3,(H,28,32). The molecule has 37 heavy (non-hydrogen) atoms. The number of likely N-dealkylation sites (tertiary alicyclic amines) is 1. The Kier molecular flexibility index (Phi) is 7.72. The van der Waals surface area contributed by atoms with E-state index in [0.29, 0.717) is 35.3 Å². The van der Waals surface area contributed by atoms with Gasteiger partial charge in [0.05, 0.1) is 10.5 Å². The SMILES string of the molecule is CC(C)N1CCc2c(sc(NC(=O)c3ccc(S(=O)(=O)N4CCCC4)cc3)c2C(=O)N2CCCCC2)C1. The lowest BCUT2D eigenvalue weighted by Crippen LogP contribution is -2.38. The predicted octanol–water partition coefficient (Wildman–Crippen LogP) is 4.18. The first-order valence-electron chi connectivity index (χ1n) is 13.3. The monoisotopic (exact) mass is 544 g/mol. The predicted molar refractivity (Wildman–Crippen MR) is 146 cm³/mol.